The van der Waals surface area contributed by atoms with E-state index >= 15 is 0 Å². The summed E-state index contributed by atoms with van der Waals surface area (Å²) >= 11 is 0. The van der Waals surface area contributed by atoms with Gasteiger partial charge in [0, 0.05) is 0 Å². The van der Waals surface area contributed by atoms with Crippen LogP contribution in [0, 0.1) is 5.92 Å². The van der Waals surface area contributed by atoms with Crippen molar-refractivity contribution in [2.45, 2.75) is 51.5 Å². The average molecular weight is 231 g/mol. The summed E-state index contributed by atoms with van der Waals surface area (Å²) in [5, 5.41) is 17.5. The van der Waals surface area contributed by atoms with Crippen molar-refractivity contribution in [3.05, 3.63) is 0 Å². The number of hydrogen-bond acceptors (Lipinski definition) is 3. The molecule has 0 rings (SSSR count). The third-order valence-corrected chi connectivity index (χ3v) is 2.61. The molecule has 0 aliphatic carbocycles. The number of carboxylic acid groups (broad SMARTS) is 2. The largest absolute Gasteiger partial charge is 0.481 e. The number of nitrogens with two attached hydrogens (primary N) is 1. The Balaban J connectivity index is 3.98. The first-order chi connectivity index (χ1) is 7.49. The number of aliphatic carboxylic acids is 2. The number of rotatable bonds is 9. The lowest BCUT2D eigenvalue weighted by molar-refractivity contribution is -0.143. The third-order valence-electron chi connectivity index (χ3n) is 2.61. The predicted octanol–water partition coefficient (Wildman–Crippen LogP) is 1.46. The van der Waals surface area contributed by atoms with Gasteiger partial charge in [0.05, 0.1) is 5.92 Å². The first-order valence-corrected chi connectivity index (χ1v) is 5.70. The van der Waals surface area contributed by atoms with Crippen LogP contribution in [0.2, 0.25) is 0 Å². The van der Waals surface area contributed by atoms with E-state index in [4.69, 9.17) is 15.9 Å². The van der Waals surface area contributed by atoms with Crippen LogP contribution in [0.15, 0.2) is 0 Å². The van der Waals surface area contributed by atoms with Crippen LogP contribution in [0.4, 0.5) is 0 Å². The molecule has 5 heteroatoms. The van der Waals surface area contributed by atoms with Crippen molar-refractivity contribution < 1.29 is 19.8 Å². The van der Waals surface area contributed by atoms with Crippen LogP contribution < -0.4 is 5.73 Å². The molecule has 0 saturated carbocycles. The molecular weight excluding hydrogens is 210 g/mol. The Morgan fingerprint density at radius 3 is 2.19 bits per heavy atom. The zero-order chi connectivity index (χ0) is 12.6. The van der Waals surface area contributed by atoms with Gasteiger partial charge in [0.1, 0.15) is 6.04 Å². The van der Waals surface area contributed by atoms with Gasteiger partial charge in [0.15, 0.2) is 0 Å². The van der Waals surface area contributed by atoms with E-state index in [1.165, 1.54) is 0 Å². The molecule has 0 heterocycles. The minimum Gasteiger partial charge on any atom is -0.481 e. The highest BCUT2D eigenvalue weighted by molar-refractivity contribution is 5.75. The second-order valence-corrected chi connectivity index (χ2v) is 4.06. The zero-order valence-electron chi connectivity index (χ0n) is 9.69. The number of carbonyl (C=O) groups is 2. The van der Waals surface area contributed by atoms with Gasteiger partial charge in [0.25, 0.3) is 0 Å². The quantitative estimate of drug-likeness (QED) is 0.521. The average Bonchev–Trinajstić information content (AvgIpc) is 2.21. The van der Waals surface area contributed by atoms with Crippen LogP contribution in [0.1, 0.15) is 45.4 Å². The molecular formula is C11H21NO4. The first-order valence-electron chi connectivity index (χ1n) is 5.70. The molecule has 0 fully saturated rings. The molecule has 0 bridgehead atoms. The van der Waals surface area contributed by atoms with Gasteiger partial charge in [-0.2, -0.15) is 0 Å². The van der Waals surface area contributed by atoms with Crippen molar-refractivity contribution in [1.82, 2.24) is 0 Å². The monoisotopic (exact) mass is 231 g/mol. The van der Waals surface area contributed by atoms with E-state index in [1.807, 2.05) is 0 Å². The molecule has 94 valence electrons. The van der Waals surface area contributed by atoms with Crippen LogP contribution in [0.3, 0.4) is 0 Å². The van der Waals surface area contributed by atoms with Crippen molar-refractivity contribution in [1.29, 1.82) is 0 Å². The van der Waals surface area contributed by atoms with Crippen molar-refractivity contribution in [2.75, 3.05) is 0 Å². The minimum absolute atomic E-state index is 0.0107. The molecule has 2 atom stereocenters. The van der Waals surface area contributed by atoms with Crippen LogP contribution in [0.5, 0.6) is 0 Å². The molecule has 0 aromatic rings. The molecule has 0 amide bonds. The number of unbranched alkanes of at least 4 members (excludes halogenated alkanes) is 3. The van der Waals surface area contributed by atoms with Crippen LogP contribution >= 0.6 is 0 Å². The Morgan fingerprint density at radius 1 is 1.12 bits per heavy atom. The lowest BCUT2D eigenvalue weighted by Crippen LogP contribution is -2.34. The van der Waals surface area contributed by atoms with E-state index < -0.39 is 23.9 Å². The van der Waals surface area contributed by atoms with Crippen LogP contribution in [-0.2, 0) is 9.59 Å². The summed E-state index contributed by atoms with van der Waals surface area (Å²) in [6, 6.07) is -1.08. The van der Waals surface area contributed by atoms with Gasteiger partial charge in [-0.1, -0.05) is 32.6 Å². The first kappa shape index (κ1) is 14.9. The Bertz CT molecular complexity index is 230. The van der Waals surface area contributed by atoms with Crippen molar-refractivity contribution in [3.8, 4) is 0 Å². The molecule has 0 aromatic heterocycles. The molecule has 0 aliphatic heterocycles. The fourth-order valence-electron chi connectivity index (χ4n) is 1.57. The van der Waals surface area contributed by atoms with Crippen LogP contribution in [-0.4, -0.2) is 28.2 Å². The summed E-state index contributed by atoms with van der Waals surface area (Å²) in [6.07, 6.45) is 4.50. The molecule has 16 heavy (non-hydrogen) atoms. The lowest BCUT2D eigenvalue weighted by atomic mass is 9.94. The predicted molar refractivity (Wildman–Crippen MR) is 60.1 cm³/mol. The number of carboxylic acids is 2. The van der Waals surface area contributed by atoms with Gasteiger partial charge >= 0.3 is 11.9 Å². The molecule has 0 spiro atoms. The molecule has 5 nitrogen and oxygen atoms in total. The maximum Gasteiger partial charge on any atom is 0.320 e. The van der Waals surface area contributed by atoms with Crippen molar-refractivity contribution >= 4 is 11.9 Å². The summed E-state index contributed by atoms with van der Waals surface area (Å²) in [5.74, 6) is -2.73. The molecule has 0 saturated heterocycles. The minimum atomic E-state index is -1.14. The van der Waals surface area contributed by atoms with E-state index in [-0.39, 0.29) is 6.42 Å². The second kappa shape index (κ2) is 8.10. The van der Waals surface area contributed by atoms with E-state index in [2.05, 4.69) is 6.92 Å². The standard InChI is InChI=1S/C11H21NO4/c1-2-3-4-5-6-8(10(13)14)7-9(12)11(15)16/h8-9H,2-7,12H2,1H3,(H,13,14)(H,15,16)/t8?,9-/m0/s1. The Hall–Kier alpha value is -1.10. The van der Waals surface area contributed by atoms with E-state index in [0.29, 0.717) is 6.42 Å². The Morgan fingerprint density at radius 2 is 1.75 bits per heavy atom. The van der Waals surface area contributed by atoms with E-state index in [9.17, 15) is 9.59 Å². The Labute approximate surface area is 95.6 Å². The summed E-state index contributed by atoms with van der Waals surface area (Å²) in [4.78, 5) is 21.4. The van der Waals surface area contributed by atoms with E-state index in [0.717, 1.165) is 25.7 Å². The fourth-order valence-corrected chi connectivity index (χ4v) is 1.57. The molecule has 0 aromatic carbocycles. The SMILES string of the molecule is CCCCCCC(C[C@H](N)C(=O)O)C(=O)O. The van der Waals surface area contributed by atoms with Gasteiger partial charge in [-0.3, -0.25) is 9.59 Å². The third kappa shape index (κ3) is 6.40. The fraction of sp³-hybridized carbons (Fsp3) is 0.818. The highest BCUT2D eigenvalue weighted by Gasteiger charge is 2.23. The van der Waals surface area contributed by atoms with Crippen molar-refractivity contribution in [3.63, 3.8) is 0 Å². The van der Waals surface area contributed by atoms with Gasteiger partial charge < -0.3 is 15.9 Å². The van der Waals surface area contributed by atoms with Crippen molar-refractivity contribution in [2.24, 2.45) is 11.7 Å². The summed E-state index contributed by atoms with van der Waals surface area (Å²) in [6.45, 7) is 2.08. The topological polar surface area (TPSA) is 101 Å². The normalized spacial score (nSPS) is 14.4. The zero-order valence-corrected chi connectivity index (χ0v) is 9.69. The molecule has 0 radical (unpaired) electrons. The van der Waals surface area contributed by atoms with Gasteiger partial charge in [0.2, 0.25) is 0 Å². The van der Waals surface area contributed by atoms with Gasteiger partial charge in [-0.15, -0.1) is 0 Å². The second-order valence-electron chi connectivity index (χ2n) is 4.06. The molecule has 1 unspecified atom stereocenters. The Kier molecular flexibility index (Phi) is 7.54. The summed E-state index contributed by atoms with van der Waals surface area (Å²) in [7, 11) is 0. The van der Waals surface area contributed by atoms with Gasteiger partial charge in [-0.25, -0.2) is 0 Å². The molecule has 0 aliphatic rings. The maximum absolute atomic E-state index is 10.9. The highest BCUT2D eigenvalue weighted by Crippen LogP contribution is 2.16. The van der Waals surface area contributed by atoms with Crippen LogP contribution in [0.25, 0.3) is 0 Å². The summed E-state index contributed by atoms with van der Waals surface area (Å²) < 4.78 is 0. The maximum atomic E-state index is 10.9. The number of hydrogen-bond donors (Lipinski definition) is 3. The molecule has 4 N–H and O–H groups in total. The van der Waals surface area contributed by atoms with Gasteiger partial charge in [-0.05, 0) is 12.8 Å². The smallest absolute Gasteiger partial charge is 0.320 e. The summed E-state index contributed by atoms with van der Waals surface area (Å²) in [5.41, 5.74) is 5.32. The highest BCUT2D eigenvalue weighted by atomic mass is 16.4. The lowest BCUT2D eigenvalue weighted by Gasteiger charge is -2.14. The van der Waals surface area contributed by atoms with E-state index in [1.54, 1.807) is 0 Å².